The second-order valence-electron chi connectivity index (χ2n) is 4.11. The largest absolute Gasteiger partial charge is 0.480 e. The third-order valence-electron chi connectivity index (χ3n) is 2.52. The average Bonchev–Trinajstić information content (AvgIpc) is 2.42. The summed E-state index contributed by atoms with van der Waals surface area (Å²) < 4.78 is 0. The number of carboxylic acids is 1. The summed E-state index contributed by atoms with van der Waals surface area (Å²) in [6.45, 7) is 1.28. The number of nitrogens with one attached hydrogen (secondary N) is 1. The van der Waals surface area contributed by atoms with Gasteiger partial charge < -0.3 is 10.4 Å². The van der Waals surface area contributed by atoms with Gasteiger partial charge in [0, 0.05) is 24.3 Å². The van der Waals surface area contributed by atoms with Crippen LogP contribution >= 0.6 is 11.8 Å². The fourth-order valence-corrected chi connectivity index (χ4v) is 2.43. The molecule has 7 heteroatoms. The number of aliphatic carboxylic acids is 1. The standard InChI is InChI=1S/C13H13N3O3S/c1-8(17)15-11(12(18)19)7-20-13-14-6-9-4-2-3-5-10(9)16-13/h2-6,11H,7H2,1H3,(H,15,17)(H,18,19)/t11-/m0/s1. The number of fused-ring (bicyclic) bond motifs is 1. The summed E-state index contributed by atoms with van der Waals surface area (Å²) in [6.07, 6.45) is 1.69. The molecule has 0 radical (unpaired) electrons. The summed E-state index contributed by atoms with van der Waals surface area (Å²) in [7, 11) is 0. The number of amides is 1. The lowest BCUT2D eigenvalue weighted by atomic mass is 10.2. The van der Waals surface area contributed by atoms with Gasteiger partial charge in [-0.25, -0.2) is 14.8 Å². The number of rotatable bonds is 5. The molecule has 6 nitrogen and oxygen atoms in total. The number of carbonyl (C=O) groups excluding carboxylic acids is 1. The van der Waals surface area contributed by atoms with Gasteiger partial charge in [0.1, 0.15) is 6.04 Å². The first-order valence-electron chi connectivity index (χ1n) is 5.91. The van der Waals surface area contributed by atoms with Crippen LogP contribution in [0.4, 0.5) is 0 Å². The van der Waals surface area contributed by atoms with Crippen molar-refractivity contribution in [2.75, 3.05) is 5.75 Å². The third-order valence-corrected chi connectivity index (χ3v) is 3.48. The molecule has 0 saturated carbocycles. The van der Waals surface area contributed by atoms with Gasteiger partial charge in [0.15, 0.2) is 5.16 Å². The molecule has 0 fully saturated rings. The molecule has 2 rings (SSSR count). The van der Waals surface area contributed by atoms with Gasteiger partial charge >= 0.3 is 5.97 Å². The Morgan fingerprint density at radius 2 is 2.15 bits per heavy atom. The van der Waals surface area contributed by atoms with Crippen LogP contribution in [0.25, 0.3) is 10.9 Å². The summed E-state index contributed by atoms with van der Waals surface area (Å²) in [4.78, 5) is 30.4. The molecule has 0 unspecified atom stereocenters. The Balaban J connectivity index is 2.07. The molecule has 104 valence electrons. The summed E-state index contributed by atoms with van der Waals surface area (Å²) >= 11 is 1.20. The normalized spacial score (nSPS) is 12.1. The molecule has 0 spiro atoms. The van der Waals surface area contributed by atoms with Crippen molar-refractivity contribution >= 4 is 34.5 Å². The fourth-order valence-electron chi connectivity index (χ4n) is 1.60. The number of nitrogens with zero attached hydrogens (tertiary/aromatic N) is 2. The van der Waals surface area contributed by atoms with Crippen molar-refractivity contribution in [3.05, 3.63) is 30.5 Å². The highest BCUT2D eigenvalue weighted by molar-refractivity contribution is 7.99. The van der Waals surface area contributed by atoms with E-state index < -0.39 is 12.0 Å². The smallest absolute Gasteiger partial charge is 0.327 e. The molecule has 1 heterocycles. The first-order valence-corrected chi connectivity index (χ1v) is 6.89. The van der Waals surface area contributed by atoms with Gasteiger partial charge in [0.2, 0.25) is 5.91 Å². The molecular formula is C13H13N3O3S. The molecule has 0 saturated heterocycles. The van der Waals surface area contributed by atoms with Crippen molar-refractivity contribution in [1.82, 2.24) is 15.3 Å². The van der Waals surface area contributed by atoms with Crippen molar-refractivity contribution in [3.8, 4) is 0 Å². The van der Waals surface area contributed by atoms with Crippen molar-refractivity contribution < 1.29 is 14.7 Å². The third kappa shape index (κ3) is 3.67. The minimum absolute atomic E-state index is 0.174. The maximum absolute atomic E-state index is 11.0. The Labute approximate surface area is 119 Å². The van der Waals surface area contributed by atoms with E-state index >= 15 is 0 Å². The maximum atomic E-state index is 11.0. The van der Waals surface area contributed by atoms with E-state index in [1.54, 1.807) is 6.20 Å². The number of thioether (sulfide) groups is 1. The van der Waals surface area contributed by atoms with Gasteiger partial charge in [-0.05, 0) is 6.07 Å². The number of benzene rings is 1. The van der Waals surface area contributed by atoms with Crippen LogP contribution in [0.3, 0.4) is 0 Å². The minimum atomic E-state index is -1.08. The first kappa shape index (κ1) is 14.3. The van der Waals surface area contributed by atoms with Gasteiger partial charge in [-0.1, -0.05) is 30.0 Å². The maximum Gasteiger partial charge on any atom is 0.327 e. The summed E-state index contributed by atoms with van der Waals surface area (Å²) in [5, 5.41) is 12.8. The quantitative estimate of drug-likeness (QED) is 0.637. The molecule has 0 bridgehead atoms. The predicted octanol–water partition coefficient (Wildman–Crippen LogP) is 1.31. The van der Waals surface area contributed by atoms with E-state index in [0.29, 0.717) is 5.16 Å². The van der Waals surface area contributed by atoms with Gasteiger partial charge in [0.25, 0.3) is 0 Å². The van der Waals surface area contributed by atoms with Crippen molar-refractivity contribution in [2.45, 2.75) is 18.1 Å². The Morgan fingerprint density at radius 1 is 1.40 bits per heavy atom. The van der Waals surface area contributed by atoms with Gasteiger partial charge in [-0.3, -0.25) is 4.79 Å². The van der Waals surface area contributed by atoms with Gasteiger partial charge in [-0.15, -0.1) is 0 Å². The highest BCUT2D eigenvalue weighted by Crippen LogP contribution is 2.17. The van der Waals surface area contributed by atoms with E-state index in [1.807, 2.05) is 24.3 Å². The molecule has 1 aromatic heterocycles. The van der Waals surface area contributed by atoms with Crippen LogP contribution in [0, 0.1) is 0 Å². The molecule has 1 amide bonds. The van der Waals surface area contributed by atoms with Crippen LogP contribution in [0.5, 0.6) is 0 Å². The average molecular weight is 291 g/mol. The van der Waals surface area contributed by atoms with Crippen LogP contribution in [0.15, 0.2) is 35.6 Å². The van der Waals surface area contributed by atoms with E-state index in [2.05, 4.69) is 15.3 Å². The van der Waals surface area contributed by atoms with Crippen LogP contribution in [0.2, 0.25) is 0 Å². The Kier molecular flexibility index (Phi) is 4.52. The number of hydrogen-bond donors (Lipinski definition) is 2. The molecule has 0 aliphatic carbocycles. The molecule has 0 aliphatic heterocycles. The SMILES string of the molecule is CC(=O)N[C@@H](CSc1ncc2ccccc2n1)C(=O)O. The highest BCUT2D eigenvalue weighted by atomic mass is 32.2. The van der Waals surface area contributed by atoms with E-state index in [1.165, 1.54) is 18.7 Å². The van der Waals surface area contributed by atoms with E-state index in [4.69, 9.17) is 5.11 Å². The lowest BCUT2D eigenvalue weighted by Gasteiger charge is -2.11. The van der Waals surface area contributed by atoms with Crippen LogP contribution in [-0.2, 0) is 9.59 Å². The van der Waals surface area contributed by atoms with Crippen molar-refractivity contribution in [1.29, 1.82) is 0 Å². The van der Waals surface area contributed by atoms with Crippen LogP contribution in [0.1, 0.15) is 6.92 Å². The van der Waals surface area contributed by atoms with E-state index in [9.17, 15) is 9.59 Å². The van der Waals surface area contributed by atoms with Crippen molar-refractivity contribution in [3.63, 3.8) is 0 Å². The van der Waals surface area contributed by atoms with Gasteiger partial charge in [-0.2, -0.15) is 0 Å². The fraction of sp³-hybridized carbons (Fsp3) is 0.231. The Morgan fingerprint density at radius 3 is 2.85 bits per heavy atom. The minimum Gasteiger partial charge on any atom is -0.480 e. The zero-order valence-corrected chi connectivity index (χ0v) is 11.6. The summed E-state index contributed by atoms with van der Waals surface area (Å²) in [5.74, 6) is -1.28. The number of carboxylic acid groups (broad SMARTS) is 1. The zero-order valence-electron chi connectivity index (χ0n) is 10.7. The molecular weight excluding hydrogens is 278 g/mol. The molecule has 2 aromatic rings. The Hall–Kier alpha value is -2.15. The number of hydrogen-bond acceptors (Lipinski definition) is 5. The zero-order chi connectivity index (χ0) is 14.5. The lowest BCUT2D eigenvalue weighted by molar-refractivity contribution is -0.140. The number of carbonyl (C=O) groups is 2. The lowest BCUT2D eigenvalue weighted by Crippen LogP contribution is -2.41. The highest BCUT2D eigenvalue weighted by Gasteiger charge is 2.19. The van der Waals surface area contributed by atoms with E-state index in [0.717, 1.165) is 10.9 Å². The van der Waals surface area contributed by atoms with Crippen molar-refractivity contribution in [2.24, 2.45) is 0 Å². The molecule has 20 heavy (non-hydrogen) atoms. The second-order valence-corrected chi connectivity index (χ2v) is 5.10. The Bertz CT molecular complexity index is 648. The molecule has 1 aromatic carbocycles. The molecule has 0 aliphatic rings. The van der Waals surface area contributed by atoms with Crippen LogP contribution in [-0.4, -0.2) is 38.7 Å². The first-order chi connectivity index (χ1) is 9.56. The molecule has 2 N–H and O–H groups in total. The monoisotopic (exact) mass is 291 g/mol. The number of para-hydroxylation sites is 1. The van der Waals surface area contributed by atoms with Gasteiger partial charge in [0.05, 0.1) is 5.52 Å². The number of aromatic nitrogens is 2. The second kappa shape index (κ2) is 6.33. The van der Waals surface area contributed by atoms with E-state index in [-0.39, 0.29) is 11.7 Å². The van der Waals surface area contributed by atoms with Crippen LogP contribution < -0.4 is 5.32 Å². The topological polar surface area (TPSA) is 92.2 Å². The predicted molar refractivity (Wildman–Crippen MR) is 75.5 cm³/mol. The summed E-state index contributed by atoms with van der Waals surface area (Å²) in [5.41, 5.74) is 0.802. The molecule has 1 atom stereocenters. The summed E-state index contributed by atoms with van der Waals surface area (Å²) in [6, 6.07) is 6.59.